The van der Waals surface area contributed by atoms with E-state index in [1.807, 2.05) is 24.3 Å². The van der Waals surface area contributed by atoms with E-state index in [2.05, 4.69) is 223 Å². The van der Waals surface area contributed by atoms with Crippen molar-refractivity contribution in [2.75, 3.05) is 0 Å². The Labute approximate surface area is 342 Å². The van der Waals surface area contributed by atoms with Gasteiger partial charge in [-0.1, -0.05) is 12.1 Å². The molecule has 0 heterocycles. The minimum Gasteiger partial charge on any atom is -0.453 e. The molecule has 0 amide bonds. The number of hydrogen-bond acceptors (Lipinski definition) is 1. The van der Waals surface area contributed by atoms with Crippen molar-refractivity contribution in [1.82, 2.24) is 0 Å². The summed E-state index contributed by atoms with van der Waals surface area (Å²) in [7, 11) is 0. The molecule has 0 atom stereocenters. The Morgan fingerprint density at radius 3 is 0.846 bits per heavy atom. The maximum Gasteiger partial charge on any atom is 0.156 e. The summed E-state index contributed by atoms with van der Waals surface area (Å²) in [6, 6.07) is 7.95. The first-order valence-electron chi connectivity index (χ1n) is 9.88. The quantitative estimate of drug-likeness (QED) is 0.146. The van der Waals surface area contributed by atoms with Crippen LogP contribution in [0.4, 0.5) is 0 Å². The highest BCUT2D eigenvalue weighted by atomic mass is 79.9. The summed E-state index contributed by atoms with van der Waals surface area (Å²) >= 11 is 51.9. The molecule has 1 nitrogen and oxygen atoms in total. The third-order valence-electron chi connectivity index (χ3n) is 5.26. The van der Waals surface area contributed by atoms with Gasteiger partial charge in [-0.2, -0.15) is 0 Å². The van der Waals surface area contributed by atoms with Gasteiger partial charge in [0, 0.05) is 67.0 Å². The molecule has 0 bridgehead atoms. The smallest absolute Gasteiger partial charge is 0.156 e. The fourth-order valence-corrected chi connectivity index (χ4v) is 13.0. The highest BCUT2D eigenvalue weighted by Gasteiger charge is 2.26. The largest absolute Gasteiger partial charge is 0.453 e. The monoisotopic (exact) mass is 1410 g/mol. The van der Waals surface area contributed by atoms with E-state index in [0.717, 1.165) is 84.9 Å². The summed E-state index contributed by atoms with van der Waals surface area (Å²) in [5.74, 6) is 1.22. The molecule has 39 heavy (non-hydrogen) atoms. The van der Waals surface area contributed by atoms with Crippen molar-refractivity contribution in [3.05, 3.63) is 86.9 Å². The predicted octanol–water partition coefficient (Wildman–Crippen LogP) is 17.5. The summed E-state index contributed by atoms with van der Waals surface area (Å²) in [5, 5.41) is 0. The van der Waals surface area contributed by atoms with Crippen molar-refractivity contribution in [2.45, 2.75) is 0 Å². The van der Waals surface area contributed by atoms with Crippen molar-refractivity contribution in [1.29, 1.82) is 0 Å². The molecule has 0 fully saturated rings. The molecule has 4 rings (SSSR count). The van der Waals surface area contributed by atoms with E-state index in [1.165, 1.54) is 0 Å². The second kappa shape index (κ2) is 14.4. The normalized spacial score (nSPS) is 11.3. The lowest BCUT2D eigenvalue weighted by atomic mass is 10.0. The molecule has 0 N–H and O–H groups in total. The summed E-state index contributed by atoms with van der Waals surface area (Å²) in [6.45, 7) is 0. The van der Waals surface area contributed by atoms with Crippen LogP contribution >= 0.6 is 223 Å². The van der Waals surface area contributed by atoms with E-state index in [0.29, 0.717) is 11.5 Å². The Morgan fingerprint density at radius 2 is 0.564 bits per heavy atom. The van der Waals surface area contributed by atoms with Gasteiger partial charge in [0.05, 0.1) is 17.9 Å². The van der Waals surface area contributed by atoms with Gasteiger partial charge < -0.3 is 4.74 Å². The van der Waals surface area contributed by atoms with E-state index < -0.39 is 0 Å². The van der Waals surface area contributed by atoms with Gasteiger partial charge in [-0.15, -0.1) is 0 Å². The van der Waals surface area contributed by atoms with Gasteiger partial charge in [0.25, 0.3) is 0 Å². The topological polar surface area (TPSA) is 9.23 Å². The third-order valence-corrected chi connectivity index (χ3v) is 20.3. The van der Waals surface area contributed by atoms with Crippen LogP contribution in [0.3, 0.4) is 0 Å². The van der Waals surface area contributed by atoms with Gasteiger partial charge in [0.15, 0.2) is 11.5 Å². The summed E-state index contributed by atoms with van der Waals surface area (Å²) in [4.78, 5) is 0. The first-order chi connectivity index (χ1) is 18.2. The first-order valence-corrected chi connectivity index (χ1v) is 21.0. The third kappa shape index (κ3) is 6.77. The Morgan fingerprint density at radius 1 is 0.308 bits per heavy atom. The molecule has 15 heteroatoms. The molecule has 0 unspecified atom stereocenters. The zero-order chi connectivity index (χ0) is 29.1. The molecule has 0 saturated carbocycles. The molecular weight excluding hydrogens is 1420 g/mol. The van der Waals surface area contributed by atoms with E-state index >= 15 is 0 Å². The van der Waals surface area contributed by atoms with E-state index in [-0.39, 0.29) is 0 Å². The van der Waals surface area contributed by atoms with Crippen molar-refractivity contribution in [3.63, 3.8) is 0 Å². The predicted molar refractivity (Wildman–Crippen MR) is 212 cm³/mol. The van der Waals surface area contributed by atoms with Crippen molar-refractivity contribution in [3.8, 4) is 33.8 Å². The number of rotatable bonds is 4. The summed E-state index contributed by atoms with van der Waals surface area (Å²) in [6.07, 6.45) is 0. The molecule has 204 valence electrons. The molecule has 4 aromatic rings. The van der Waals surface area contributed by atoms with Crippen LogP contribution in [0.25, 0.3) is 22.3 Å². The lowest BCUT2D eigenvalue weighted by Gasteiger charge is -2.20. The number of benzene rings is 4. The maximum atomic E-state index is 6.64. The number of ether oxygens (including phenoxy) is 1. The van der Waals surface area contributed by atoms with E-state index in [1.54, 1.807) is 0 Å². The fourth-order valence-electron chi connectivity index (χ4n) is 3.42. The first kappa shape index (κ1) is 35.3. The minimum atomic E-state index is 0.608. The van der Waals surface area contributed by atoms with Crippen molar-refractivity contribution >= 4 is 223 Å². The summed E-state index contributed by atoms with van der Waals surface area (Å²) < 4.78 is 18.5. The number of halogens is 14. The van der Waals surface area contributed by atoms with Gasteiger partial charge in [-0.3, -0.25) is 0 Å². The van der Waals surface area contributed by atoms with Gasteiger partial charge in [0.2, 0.25) is 0 Å². The average Bonchev–Trinajstić information content (AvgIpc) is 2.90. The van der Waals surface area contributed by atoms with Crippen LogP contribution < -0.4 is 4.74 Å². The molecule has 0 saturated heterocycles. The molecule has 0 spiro atoms. The Bertz CT molecular complexity index is 1500. The number of hydrogen-bond donors (Lipinski definition) is 0. The Balaban J connectivity index is 1.93. The van der Waals surface area contributed by atoms with Gasteiger partial charge in [0.1, 0.15) is 0 Å². The Hall–Kier alpha value is 3.40. The maximum absolute atomic E-state index is 6.64. The van der Waals surface area contributed by atoms with Crippen LogP contribution in [0.5, 0.6) is 11.5 Å². The minimum absolute atomic E-state index is 0.608. The highest BCUT2D eigenvalue weighted by Crippen LogP contribution is 2.55. The van der Waals surface area contributed by atoms with Gasteiger partial charge in [-0.25, -0.2) is 0 Å². The second-order valence-electron chi connectivity index (χ2n) is 7.47. The lowest BCUT2D eigenvalue weighted by molar-refractivity contribution is 0.471. The standard InChI is InChI=1S/C24H4Br14O/c25-7-3-1-5(9-13(29)17(33)21(37)18(34)14(9)30)11(27)23(7)39-24-8(26)4-2-6(12(24)28)10-15(31)19(35)22(38)20(36)16(10)32/h1-4H. The van der Waals surface area contributed by atoms with Crippen molar-refractivity contribution in [2.24, 2.45) is 0 Å². The zero-order valence-electron chi connectivity index (χ0n) is 18.0. The van der Waals surface area contributed by atoms with Crippen LogP contribution in [-0.4, -0.2) is 0 Å². The molecule has 0 radical (unpaired) electrons. The van der Waals surface area contributed by atoms with Crippen LogP contribution in [0.1, 0.15) is 0 Å². The molecular formula is C24H4Br14O. The Kier molecular flexibility index (Phi) is 13.1. The van der Waals surface area contributed by atoms with Gasteiger partial charge in [-0.05, 0) is 235 Å². The lowest BCUT2D eigenvalue weighted by Crippen LogP contribution is -1.96. The van der Waals surface area contributed by atoms with E-state index in [4.69, 9.17) is 4.74 Å². The molecule has 0 aliphatic carbocycles. The van der Waals surface area contributed by atoms with Crippen LogP contribution in [0.15, 0.2) is 86.9 Å². The van der Waals surface area contributed by atoms with Crippen LogP contribution in [0.2, 0.25) is 0 Å². The highest BCUT2D eigenvalue weighted by molar-refractivity contribution is 9.16. The molecule has 0 aliphatic rings. The second-order valence-corrected chi connectivity index (χ2v) is 18.7. The molecule has 0 aromatic heterocycles. The molecule has 0 aliphatic heterocycles. The van der Waals surface area contributed by atoms with Crippen LogP contribution in [-0.2, 0) is 0 Å². The van der Waals surface area contributed by atoms with Crippen molar-refractivity contribution < 1.29 is 4.74 Å². The molecule has 4 aromatic carbocycles. The van der Waals surface area contributed by atoms with Crippen LogP contribution in [0, 0.1) is 0 Å². The average molecular weight is 1430 g/mol. The summed E-state index contributed by atoms with van der Waals surface area (Å²) in [5.41, 5.74) is 3.70. The fraction of sp³-hybridized carbons (Fsp3) is 0. The van der Waals surface area contributed by atoms with Gasteiger partial charge >= 0.3 is 0 Å². The van der Waals surface area contributed by atoms with E-state index in [9.17, 15) is 0 Å². The zero-order valence-corrected chi connectivity index (χ0v) is 40.2. The SMILES string of the molecule is Brc1ccc(-c2c(Br)c(Br)c(Br)c(Br)c2Br)c(Br)c1Oc1c(Br)ccc(-c2c(Br)c(Br)c(Br)c(Br)c2Br)c1Br.